The molecule has 3 aromatic rings. The lowest BCUT2D eigenvalue weighted by Crippen LogP contribution is -2.50. The van der Waals surface area contributed by atoms with Crippen molar-refractivity contribution in [2.24, 2.45) is 0 Å². The zero-order chi connectivity index (χ0) is 29.4. The van der Waals surface area contributed by atoms with Crippen LogP contribution in [0.2, 0.25) is 0 Å². The van der Waals surface area contributed by atoms with Crippen molar-refractivity contribution in [2.45, 2.75) is 31.5 Å². The Morgan fingerprint density at radius 1 is 1.10 bits per heavy atom. The highest BCUT2D eigenvalue weighted by Gasteiger charge is 2.43. The number of nitrogens with zero attached hydrogens (tertiary/aromatic N) is 3. The number of imide groups is 1. The molecule has 2 unspecified atom stereocenters. The largest absolute Gasteiger partial charge is 0.480 e. The first-order chi connectivity index (χ1) is 19.7. The number of imidazole rings is 1. The van der Waals surface area contributed by atoms with Gasteiger partial charge in [-0.15, -0.1) is 0 Å². The van der Waals surface area contributed by atoms with Gasteiger partial charge in [0.05, 0.1) is 11.0 Å². The number of aromatic amines is 1. The topological polar surface area (TPSA) is 186 Å². The van der Waals surface area contributed by atoms with E-state index in [4.69, 9.17) is 4.74 Å². The van der Waals surface area contributed by atoms with Gasteiger partial charge in [-0.3, -0.25) is 14.5 Å². The highest BCUT2D eigenvalue weighted by molar-refractivity contribution is 6.06. The average Bonchev–Trinajstić information content (AvgIpc) is 3.47. The first kappa shape index (κ1) is 28.9. The second kappa shape index (κ2) is 13.3. The molecule has 2 atom stereocenters. The molecule has 0 spiro atoms. The van der Waals surface area contributed by atoms with Crippen LogP contribution < -0.4 is 16.0 Å². The fraction of sp³-hybridized carbons (Fsp3) is 0.333. The molecule has 0 radical (unpaired) electrons. The fourth-order valence-electron chi connectivity index (χ4n) is 4.29. The van der Waals surface area contributed by atoms with Crippen LogP contribution in [0.15, 0.2) is 54.6 Å². The van der Waals surface area contributed by atoms with Crippen LogP contribution in [-0.2, 0) is 25.7 Å². The van der Waals surface area contributed by atoms with Gasteiger partial charge in [-0.1, -0.05) is 42.5 Å². The van der Waals surface area contributed by atoms with Gasteiger partial charge in [0.2, 0.25) is 11.9 Å². The van der Waals surface area contributed by atoms with Crippen molar-refractivity contribution in [3.63, 3.8) is 0 Å². The van der Waals surface area contributed by atoms with E-state index in [-0.39, 0.29) is 6.61 Å². The van der Waals surface area contributed by atoms with E-state index in [0.29, 0.717) is 30.9 Å². The minimum absolute atomic E-state index is 0.0603. The Kier molecular flexibility index (Phi) is 9.35. The summed E-state index contributed by atoms with van der Waals surface area (Å²) in [6, 6.07) is 13.6. The normalized spacial score (nSPS) is 15.6. The van der Waals surface area contributed by atoms with Crippen molar-refractivity contribution in [1.82, 2.24) is 30.4 Å². The van der Waals surface area contributed by atoms with E-state index in [9.17, 15) is 29.1 Å². The van der Waals surface area contributed by atoms with E-state index < -0.39 is 55.1 Å². The van der Waals surface area contributed by atoms with Gasteiger partial charge in [0.25, 0.3) is 5.91 Å². The Morgan fingerprint density at radius 3 is 2.56 bits per heavy atom. The highest BCUT2D eigenvalue weighted by Crippen LogP contribution is 2.20. The standard InChI is InChI=1S/C27H31N7O7/c1-33-21(12-7-13-28-25-30-18-10-5-6-11-19(18)31-25)23(36)34(27(33)40)15-22(35)29-14-20(24(37)38)32-26(39)41-16-17-8-3-2-4-9-17/h2-6,8-11,20-21H,7,12-16H2,1H3,(H,29,35)(H,32,39)(H,37,38)(H2,28,30,31). The fourth-order valence-corrected chi connectivity index (χ4v) is 4.29. The molecular weight excluding hydrogens is 534 g/mol. The third kappa shape index (κ3) is 7.50. The maximum Gasteiger partial charge on any atom is 0.408 e. The van der Waals surface area contributed by atoms with Crippen LogP contribution in [-0.4, -0.2) is 93.5 Å². The molecule has 0 saturated carbocycles. The number of hydrogen-bond donors (Lipinski definition) is 5. The van der Waals surface area contributed by atoms with E-state index in [1.54, 1.807) is 30.3 Å². The number of anilines is 1. The van der Waals surface area contributed by atoms with Crippen LogP contribution in [0.5, 0.6) is 0 Å². The molecule has 41 heavy (non-hydrogen) atoms. The maximum absolute atomic E-state index is 12.9. The number of carbonyl (C=O) groups excluding carboxylic acids is 4. The second-order valence-electron chi connectivity index (χ2n) is 9.41. The number of urea groups is 1. The van der Waals surface area contributed by atoms with Crippen LogP contribution in [0, 0.1) is 0 Å². The molecule has 1 aliphatic heterocycles. The van der Waals surface area contributed by atoms with Crippen LogP contribution in [0.1, 0.15) is 18.4 Å². The van der Waals surface area contributed by atoms with Crippen LogP contribution in [0.4, 0.5) is 15.5 Å². The van der Waals surface area contributed by atoms with Crippen molar-refractivity contribution in [3.05, 3.63) is 60.2 Å². The molecule has 1 aromatic heterocycles. The number of carboxylic acid groups (broad SMARTS) is 1. The quantitative estimate of drug-likeness (QED) is 0.151. The summed E-state index contributed by atoms with van der Waals surface area (Å²) in [5, 5.41) is 17.1. The van der Waals surface area contributed by atoms with Crippen molar-refractivity contribution in [2.75, 3.05) is 32.0 Å². The van der Waals surface area contributed by atoms with Gasteiger partial charge in [-0.25, -0.2) is 19.4 Å². The number of para-hydroxylation sites is 2. The first-order valence-electron chi connectivity index (χ1n) is 13.0. The zero-order valence-corrected chi connectivity index (χ0v) is 22.3. The van der Waals surface area contributed by atoms with Crippen LogP contribution in [0.3, 0.4) is 0 Å². The molecular formula is C27H31N7O7. The SMILES string of the molecule is CN1C(=O)N(CC(=O)NCC(NC(=O)OCc2ccccc2)C(=O)O)C(=O)C1CCCNc1nc2ccccc2[nH]1. The molecule has 14 heteroatoms. The summed E-state index contributed by atoms with van der Waals surface area (Å²) in [6.07, 6.45) is -0.0559. The molecule has 14 nitrogen and oxygen atoms in total. The van der Waals surface area contributed by atoms with E-state index in [1.807, 2.05) is 24.3 Å². The lowest BCUT2D eigenvalue weighted by molar-refractivity contribution is -0.139. The van der Waals surface area contributed by atoms with Gasteiger partial charge in [0, 0.05) is 20.1 Å². The molecule has 1 saturated heterocycles. The number of aromatic nitrogens is 2. The lowest BCUT2D eigenvalue weighted by Gasteiger charge is -2.17. The number of nitrogens with one attached hydrogen (secondary N) is 4. The van der Waals surface area contributed by atoms with Gasteiger partial charge < -0.3 is 35.7 Å². The number of H-pyrrole nitrogens is 1. The summed E-state index contributed by atoms with van der Waals surface area (Å²) in [5.74, 6) is -2.07. The lowest BCUT2D eigenvalue weighted by atomic mass is 10.1. The number of rotatable bonds is 13. The minimum atomic E-state index is -1.48. The van der Waals surface area contributed by atoms with Crippen molar-refractivity contribution >= 4 is 46.9 Å². The molecule has 1 aliphatic rings. The van der Waals surface area contributed by atoms with E-state index in [0.717, 1.165) is 15.9 Å². The Bertz CT molecular complexity index is 1380. The van der Waals surface area contributed by atoms with Gasteiger partial charge in [-0.2, -0.15) is 0 Å². The summed E-state index contributed by atoms with van der Waals surface area (Å²) in [4.78, 5) is 71.3. The number of aliphatic carboxylic acids is 1. The molecule has 5 amide bonds. The second-order valence-corrected chi connectivity index (χ2v) is 9.41. The number of benzene rings is 2. The van der Waals surface area contributed by atoms with Crippen molar-refractivity contribution in [3.8, 4) is 0 Å². The summed E-state index contributed by atoms with van der Waals surface area (Å²) in [7, 11) is 1.49. The molecule has 4 rings (SSSR count). The molecule has 0 bridgehead atoms. The number of likely N-dealkylation sites (N-methyl/N-ethyl adjacent to an activating group) is 1. The summed E-state index contributed by atoms with van der Waals surface area (Å²) in [6.45, 7) is -0.614. The Labute approximate surface area is 235 Å². The van der Waals surface area contributed by atoms with Crippen LogP contribution >= 0.6 is 0 Å². The number of carboxylic acids is 1. The first-order valence-corrected chi connectivity index (χ1v) is 13.0. The zero-order valence-electron chi connectivity index (χ0n) is 22.3. The molecule has 2 heterocycles. The Morgan fingerprint density at radius 2 is 1.83 bits per heavy atom. The highest BCUT2D eigenvalue weighted by atomic mass is 16.5. The minimum Gasteiger partial charge on any atom is -0.480 e. The van der Waals surface area contributed by atoms with Gasteiger partial charge >= 0.3 is 18.1 Å². The van der Waals surface area contributed by atoms with Gasteiger partial charge in [0.15, 0.2) is 0 Å². The predicted octanol–water partition coefficient (Wildman–Crippen LogP) is 1.51. The summed E-state index contributed by atoms with van der Waals surface area (Å²) in [5.41, 5.74) is 2.44. The third-order valence-corrected chi connectivity index (χ3v) is 6.50. The predicted molar refractivity (Wildman–Crippen MR) is 147 cm³/mol. The van der Waals surface area contributed by atoms with Gasteiger partial charge in [0.1, 0.15) is 25.2 Å². The van der Waals surface area contributed by atoms with Gasteiger partial charge in [-0.05, 0) is 30.5 Å². The number of hydrogen-bond acceptors (Lipinski definition) is 8. The van der Waals surface area contributed by atoms with Crippen molar-refractivity contribution in [1.29, 1.82) is 0 Å². The number of ether oxygens (including phenoxy) is 1. The monoisotopic (exact) mass is 565 g/mol. The maximum atomic E-state index is 12.9. The Hall–Kier alpha value is -5.14. The van der Waals surface area contributed by atoms with E-state index in [1.165, 1.54) is 11.9 Å². The number of carbonyl (C=O) groups is 5. The molecule has 2 aromatic carbocycles. The number of amides is 5. The van der Waals surface area contributed by atoms with Crippen LogP contribution in [0.25, 0.3) is 11.0 Å². The molecule has 216 valence electrons. The summed E-state index contributed by atoms with van der Waals surface area (Å²) < 4.78 is 5.02. The number of fused-ring (bicyclic) bond motifs is 1. The van der Waals surface area contributed by atoms with Crippen molar-refractivity contribution < 1.29 is 33.8 Å². The third-order valence-electron chi connectivity index (χ3n) is 6.50. The number of alkyl carbamates (subject to hydrolysis) is 1. The average molecular weight is 566 g/mol. The smallest absolute Gasteiger partial charge is 0.408 e. The molecule has 0 aliphatic carbocycles. The summed E-state index contributed by atoms with van der Waals surface area (Å²) >= 11 is 0. The Balaban J connectivity index is 1.20. The molecule has 5 N–H and O–H groups in total. The van der Waals surface area contributed by atoms with E-state index in [2.05, 4.69) is 25.9 Å². The molecule has 1 fully saturated rings. The van der Waals surface area contributed by atoms with E-state index >= 15 is 0 Å².